The highest BCUT2D eigenvalue weighted by Crippen LogP contribution is 2.38. The molecule has 6 nitrogen and oxygen atoms in total. The van der Waals surface area contributed by atoms with Crippen LogP contribution in [0.4, 0.5) is 5.13 Å². The number of amides is 1. The summed E-state index contributed by atoms with van der Waals surface area (Å²) in [6, 6.07) is 0. The second-order valence-electron chi connectivity index (χ2n) is 4.87. The predicted molar refractivity (Wildman–Crippen MR) is 67.7 cm³/mol. The van der Waals surface area contributed by atoms with Crippen LogP contribution in [0, 0.1) is 0 Å². The fourth-order valence-corrected chi connectivity index (χ4v) is 3.05. The van der Waals surface area contributed by atoms with Gasteiger partial charge in [-0.25, -0.2) is 4.98 Å². The molecule has 1 unspecified atom stereocenters. The molecule has 1 heterocycles. The third-order valence-corrected chi connectivity index (χ3v) is 4.10. The van der Waals surface area contributed by atoms with Gasteiger partial charge in [0.2, 0.25) is 5.91 Å². The van der Waals surface area contributed by atoms with E-state index in [1.807, 2.05) is 0 Å². The van der Waals surface area contributed by atoms with E-state index in [1.54, 1.807) is 13.8 Å². The first-order valence-corrected chi connectivity index (χ1v) is 6.43. The maximum atomic E-state index is 11.2. The summed E-state index contributed by atoms with van der Waals surface area (Å²) in [5.41, 5.74) is 4.99. The molecule has 0 aromatic carbocycles. The normalized spacial score (nSPS) is 18.4. The van der Waals surface area contributed by atoms with E-state index in [9.17, 15) is 9.59 Å². The van der Waals surface area contributed by atoms with E-state index in [2.05, 4.69) is 10.3 Å². The molecule has 1 atom stereocenters. The number of thiazole rings is 1. The number of carbonyl (C=O) groups excluding carboxylic acids is 1. The van der Waals surface area contributed by atoms with Crippen LogP contribution in [0.2, 0.25) is 0 Å². The Bertz CT molecular complexity index is 510. The van der Waals surface area contributed by atoms with Gasteiger partial charge in [0.15, 0.2) is 5.13 Å². The number of fused-ring (bicyclic) bond motifs is 1. The van der Waals surface area contributed by atoms with Crippen LogP contribution in [0.25, 0.3) is 0 Å². The topological polar surface area (TPSA) is 105 Å². The average Bonchev–Trinajstić information content (AvgIpc) is 2.74. The molecular formula is C11H15N3O3S. The lowest BCUT2D eigenvalue weighted by Gasteiger charge is -2.21. The number of anilines is 1. The fourth-order valence-electron chi connectivity index (χ4n) is 1.85. The number of hydrogen-bond acceptors (Lipinski definition) is 5. The number of nitrogens with one attached hydrogen (secondary N) is 1. The van der Waals surface area contributed by atoms with E-state index in [0.29, 0.717) is 17.2 Å². The quantitative estimate of drug-likeness (QED) is 0.754. The van der Waals surface area contributed by atoms with Crippen molar-refractivity contribution in [3.05, 3.63) is 10.6 Å². The van der Waals surface area contributed by atoms with Gasteiger partial charge in [-0.05, 0) is 26.7 Å². The third-order valence-electron chi connectivity index (χ3n) is 3.05. The highest BCUT2D eigenvalue weighted by atomic mass is 32.1. The number of aromatic nitrogens is 1. The zero-order valence-corrected chi connectivity index (χ0v) is 11.0. The Labute approximate surface area is 108 Å². The first-order chi connectivity index (χ1) is 8.31. The Balaban J connectivity index is 2.22. The predicted octanol–water partition coefficient (Wildman–Crippen LogP) is 0.933. The molecule has 2 rings (SSSR count). The molecule has 0 aliphatic heterocycles. The number of rotatable bonds is 4. The van der Waals surface area contributed by atoms with Crippen molar-refractivity contribution >= 4 is 28.3 Å². The van der Waals surface area contributed by atoms with Crippen LogP contribution < -0.4 is 11.1 Å². The Morgan fingerprint density at radius 2 is 2.22 bits per heavy atom. The Hall–Kier alpha value is -1.63. The van der Waals surface area contributed by atoms with Crippen molar-refractivity contribution in [2.45, 2.75) is 38.1 Å². The molecule has 0 saturated heterocycles. The molecule has 18 heavy (non-hydrogen) atoms. The standard InChI is InChI=1S/C11H15N3O3S/c1-11(2,9(12)17)14-10-13-7-5(8(15)16)3-4-6(7)18-10/h5H,3-4H2,1-2H3,(H2,12,17)(H,13,14)(H,15,16). The molecular weight excluding hydrogens is 254 g/mol. The number of nitrogens with zero attached hydrogens (tertiary/aromatic N) is 1. The van der Waals surface area contributed by atoms with Gasteiger partial charge in [0.05, 0.1) is 5.69 Å². The molecule has 0 spiro atoms. The fraction of sp³-hybridized carbons (Fsp3) is 0.545. The zero-order chi connectivity index (χ0) is 13.5. The van der Waals surface area contributed by atoms with Gasteiger partial charge in [-0.2, -0.15) is 0 Å². The molecule has 7 heteroatoms. The minimum absolute atomic E-state index is 0.479. The van der Waals surface area contributed by atoms with Crippen molar-refractivity contribution in [3.8, 4) is 0 Å². The minimum Gasteiger partial charge on any atom is -0.481 e. The minimum atomic E-state index is -0.899. The van der Waals surface area contributed by atoms with Crippen LogP contribution in [0.1, 0.15) is 36.8 Å². The maximum absolute atomic E-state index is 11.2. The van der Waals surface area contributed by atoms with Crippen molar-refractivity contribution < 1.29 is 14.7 Å². The molecule has 1 aromatic heterocycles. The van der Waals surface area contributed by atoms with E-state index >= 15 is 0 Å². The SMILES string of the molecule is CC(C)(Nc1nc2c(s1)CCC2C(=O)O)C(N)=O. The first-order valence-electron chi connectivity index (χ1n) is 5.62. The van der Waals surface area contributed by atoms with Gasteiger partial charge in [-0.3, -0.25) is 9.59 Å². The summed E-state index contributed by atoms with van der Waals surface area (Å²) in [6.07, 6.45) is 1.33. The summed E-state index contributed by atoms with van der Waals surface area (Å²) < 4.78 is 0. The summed E-state index contributed by atoms with van der Waals surface area (Å²) >= 11 is 1.39. The first kappa shape index (κ1) is 12.8. The van der Waals surface area contributed by atoms with Gasteiger partial charge < -0.3 is 16.2 Å². The van der Waals surface area contributed by atoms with Gasteiger partial charge in [0.25, 0.3) is 0 Å². The molecule has 0 saturated carbocycles. The Morgan fingerprint density at radius 3 is 2.78 bits per heavy atom. The van der Waals surface area contributed by atoms with Crippen LogP contribution >= 0.6 is 11.3 Å². The maximum Gasteiger partial charge on any atom is 0.312 e. The zero-order valence-electron chi connectivity index (χ0n) is 10.2. The smallest absolute Gasteiger partial charge is 0.312 e. The van der Waals surface area contributed by atoms with E-state index in [1.165, 1.54) is 11.3 Å². The number of primary amides is 1. The molecule has 0 fully saturated rings. The molecule has 1 aliphatic rings. The van der Waals surface area contributed by atoms with E-state index in [4.69, 9.17) is 10.8 Å². The second kappa shape index (κ2) is 4.24. The largest absolute Gasteiger partial charge is 0.481 e. The second-order valence-corrected chi connectivity index (χ2v) is 5.95. The van der Waals surface area contributed by atoms with Crippen LogP contribution in [0.3, 0.4) is 0 Å². The number of hydrogen-bond donors (Lipinski definition) is 3. The number of carboxylic acid groups (broad SMARTS) is 1. The lowest BCUT2D eigenvalue weighted by Crippen LogP contribution is -2.45. The van der Waals surface area contributed by atoms with Crippen molar-refractivity contribution in [3.63, 3.8) is 0 Å². The van der Waals surface area contributed by atoms with Gasteiger partial charge in [0, 0.05) is 4.88 Å². The van der Waals surface area contributed by atoms with Gasteiger partial charge >= 0.3 is 5.97 Å². The molecule has 98 valence electrons. The number of aryl methyl sites for hydroxylation is 1. The lowest BCUT2D eigenvalue weighted by molar-refractivity contribution is -0.138. The summed E-state index contributed by atoms with van der Waals surface area (Å²) in [5, 5.41) is 12.6. The van der Waals surface area contributed by atoms with Crippen molar-refractivity contribution in [2.24, 2.45) is 5.73 Å². The molecule has 1 aliphatic carbocycles. The van der Waals surface area contributed by atoms with Gasteiger partial charge in [-0.1, -0.05) is 0 Å². The van der Waals surface area contributed by atoms with Crippen LogP contribution in [0.5, 0.6) is 0 Å². The van der Waals surface area contributed by atoms with Crippen molar-refractivity contribution in [2.75, 3.05) is 5.32 Å². The Kier molecular flexibility index (Phi) is 3.02. The number of nitrogens with two attached hydrogens (primary N) is 1. The van der Waals surface area contributed by atoms with E-state index < -0.39 is 23.3 Å². The molecule has 4 N–H and O–H groups in total. The van der Waals surface area contributed by atoms with E-state index in [-0.39, 0.29) is 0 Å². The highest BCUT2D eigenvalue weighted by molar-refractivity contribution is 7.15. The molecule has 1 aromatic rings. The van der Waals surface area contributed by atoms with Crippen LogP contribution in [0.15, 0.2) is 0 Å². The summed E-state index contributed by atoms with van der Waals surface area (Å²) in [6.45, 7) is 3.33. The molecule has 1 amide bonds. The molecule has 0 bridgehead atoms. The number of carbonyl (C=O) groups is 2. The molecule has 0 radical (unpaired) electrons. The monoisotopic (exact) mass is 269 g/mol. The summed E-state index contributed by atoms with van der Waals surface area (Å²) in [5.74, 6) is -1.85. The lowest BCUT2D eigenvalue weighted by atomic mass is 10.1. The van der Waals surface area contributed by atoms with Crippen molar-refractivity contribution in [1.29, 1.82) is 0 Å². The van der Waals surface area contributed by atoms with Gasteiger partial charge in [-0.15, -0.1) is 11.3 Å². The summed E-state index contributed by atoms with van der Waals surface area (Å²) in [7, 11) is 0. The third kappa shape index (κ3) is 2.17. The van der Waals surface area contributed by atoms with Gasteiger partial charge in [0.1, 0.15) is 11.5 Å². The number of carboxylic acids is 1. The Morgan fingerprint density at radius 1 is 1.56 bits per heavy atom. The average molecular weight is 269 g/mol. The van der Waals surface area contributed by atoms with E-state index in [0.717, 1.165) is 11.3 Å². The van der Waals surface area contributed by atoms with Crippen LogP contribution in [-0.2, 0) is 16.0 Å². The summed E-state index contributed by atoms with van der Waals surface area (Å²) in [4.78, 5) is 27.5. The van der Waals surface area contributed by atoms with Crippen LogP contribution in [-0.4, -0.2) is 27.5 Å². The van der Waals surface area contributed by atoms with Crippen molar-refractivity contribution in [1.82, 2.24) is 4.98 Å². The highest BCUT2D eigenvalue weighted by Gasteiger charge is 2.34. The number of aliphatic carboxylic acids is 1.